The zero-order valence-electron chi connectivity index (χ0n) is 13.2. The lowest BCUT2D eigenvalue weighted by Crippen LogP contribution is -2.49. The van der Waals surface area contributed by atoms with Gasteiger partial charge in [-0.3, -0.25) is 4.39 Å². The van der Waals surface area contributed by atoms with E-state index < -0.39 is 5.60 Å². The number of rotatable bonds is 5. The fourth-order valence-corrected chi connectivity index (χ4v) is 2.37. The van der Waals surface area contributed by atoms with E-state index in [-0.39, 0.29) is 18.4 Å². The highest BCUT2D eigenvalue weighted by atomic mass is 19.1. The van der Waals surface area contributed by atoms with Crippen molar-refractivity contribution in [2.75, 3.05) is 26.4 Å². The third-order valence-electron chi connectivity index (χ3n) is 3.66. The minimum atomic E-state index is -0.464. The number of alkyl halides is 1. The molecule has 4 nitrogen and oxygen atoms in total. The third kappa shape index (κ3) is 5.27. The molecule has 1 rings (SSSR count). The van der Waals surface area contributed by atoms with Gasteiger partial charge in [-0.2, -0.15) is 0 Å². The molecule has 1 amide bonds. The molecule has 5 heteroatoms. The number of likely N-dealkylation sites (tertiary alicyclic amines) is 1. The van der Waals surface area contributed by atoms with E-state index in [1.807, 2.05) is 20.8 Å². The zero-order valence-corrected chi connectivity index (χ0v) is 13.2. The molecule has 0 unspecified atom stereocenters. The van der Waals surface area contributed by atoms with Crippen LogP contribution in [-0.4, -0.2) is 48.6 Å². The van der Waals surface area contributed by atoms with Gasteiger partial charge in [0, 0.05) is 19.7 Å². The molecule has 1 heterocycles. The van der Waals surface area contributed by atoms with E-state index >= 15 is 0 Å². The van der Waals surface area contributed by atoms with Crippen molar-refractivity contribution in [1.29, 1.82) is 0 Å². The number of hydrogen-bond acceptors (Lipinski definition) is 3. The number of halogens is 1. The van der Waals surface area contributed by atoms with Crippen LogP contribution >= 0.6 is 0 Å². The van der Waals surface area contributed by atoms with E-state index in [1.54, 1.807) is 4.90 Å². The highest BCUT2D eigenvalue weighted by molar-refractivity contribution is 5.68. The summed E-state index contributed by atoms with van der Waals surface area (Å²) in [4.78, 5) is 13.7. The van der Waals surface area contributed by atoms with Gasteiger partial charge in [-0.15, -0.1) is 0 Å². The molecule has 1 aliphatic heterocycles. The molecule has 0 aliphatic carbocycles. The average molecular weight is 289 g/mol. The molecule has 0 bridgehead atoms. The van der Waals surface area contributed by atoms with E-state index in [1.165, 1.54) is 0 Å². The summed E-state index contributed by atoms with van der Waals surface area (Å²) in [6.45, 7) is 9.07. The predicted molar refractivity (Wildman–Crippen MR) is 76.6 cm³/mol. The van der Waals surface area contributed by atoms with Crippen molar-refractivity contribution in [2.24, 2.45) is 0 Å². The maximum Gasteiger partial charge on any atom is 0.410 e. The lowest BCUT2D eigenvalue weighted by molar-refractivity contribution is -0.0880. The van der Waals surface area contributed by atoms with Gasteiger partial charge in [0.2, 0.25) is 0 Å². The Morgan fingerprint density at radius 2 is 1.90 bits per heavy atom. The highest BCUT2D eigenvalue weighted by Gasteiger charge is 2.36. The van der Waals surface area contributed by atoms with Crippen molar-refractivity contribution in [3.05, 3.63) is 0 Å². The van der Waals surface area contributed by atoms with Gasteiger partial charge in [0.15, 0.2) is 0 Å². The number of nitrogens with zero attached hydrogens (tertiary/aromatic N) is 1. The number of amides is 1. The van der Waals surface area contributed by atoms with Crippen molar-refractivity contribution in [2.45, 2.75) is 64.6 Å². The van der Waals surface area contributed by atoms with E-state index in [4.69, 9.17) is 9.47 Å². The second-order valence-electron chi connectivity index (χ2n) is 6.39. The summed E-state index contributed by atoms with van der Waals surface area (Å²) in [6, 6.07) is 0. The quantitative estimate of drug-likeness (QED) is 0.727. The van der Waals surface area contributed by atoms with Gasteiger partial charge in [0.05, 0.1) is 12.3 Å². The van der Waals surface area contributed by atoms with Crippen molar-refractivity contribution < 1.29 is 18.7 Å². The Morgan fingerprint density at radius 1 is 1.30 bits per heavy atom. The summed E-state index contributed by atoms with van der Waals surface area (Å²) < 4.78 is 23.4. The molecule has 20 heavy (non-hydrogen) atoms. The second-order valence-corrected chi connectivity index (χ2v) is 6.39. The standard InChI is InChI=1S/C15H28FNO3/c1-5-15(19-12-6-9-16)7-10-17(11-8-15)13(18)20-14(2,3)4/h5-12H2,1-4H3. The number of piperidine rings is 1. The molecule has 1 saturated heterocycles. The normalized spacial score (nSPS) is 18.9. The van der Waals surface area contributed by atoms with Crippen LogP contribution in [-0.2, 0) is 9.47 Å². The largest absolute Gasteiger partial charge is 0.444 e. The van der Waals surface area contributed by atoms with Gasteiger partial charge >= 0.3 is 6.09 Å². The molecule has 0 atom stereocenters. The van der Waals surface area contributed by atoms with Crippen LogP contribution in [0.3, 0.4) is 0 Å². The summed E-state index contributed by atoms with van der Waals surface area (Å²) in [5.41, 5.74) is -0.665. The molecule has 0 aromatic heterocycles. The minimum Gasteiger partial charge on any atom is -0.444 e. The fraction of sp³-hybridized carbons (Fsp3) is 0.933. The predicted octanol–water partition coefficient (Wildman–Crippen LogP) is 3.54. The summed E-state index contributed by atoms with van der Waals surface area (Å²) >= 11 is 0. The van der Waals surface area contributed by atoms with Crippen molar-refractivity contribution in [1.82, 2.24) is 4.90 Å². The van der Waals surface area contributed by atoms with E-state index in [0.717, 1.165) is 19.3 Å². The van der Waals surface area contributed by atoms with Crippen LogP contribution in [0.4, 0.5) is 9.18 Å². The molecule has 0 spiro atoms. The maximum absolute atomic E-state index is 12.2. The lowest BCUT2D eigenvalue weighted by Gasteiger charge is -2.41. The summed E-state index contributed by atoms with van der Waals surface area (Å²) in [5.74, 6) is 0. The summed E-state index contributed by atoms with van der Waals surface area (Å²) in [7, 11) is 0. The minimum absolute atomic E-state index is 0.201. The van der Waals surface area contributed by atoms with Gasteiger partial charge in [0.1, 0.15) is 5.60 Å². The number of hydrogen-bond donors (Lipinski definition) is 0. The zero-order chi connectivity index (χ0) is 15.2. The third-order valence-corrected chi connectivity index (χ3v) is 3.66. The molecule has 0 N–H and O–H groups in total. The Bertz CT molecular complexity index is 307. The first kappa shape index (κ1) is 17.2. The Kier molecular flexibility index (Phi) is 6.24. The first-order chi connectivity index (χ1) is 9.32. The summed E-state index contributed by atoms with van der Waals surface area (Å²) in [5, 5.41) is 0. The summed E-state index contributed by atoms with van der Waals surface area (Å²) in [6.07, 6.45) is 2.65. The Morgan fingerprint density at radius 3 is 2.35 bits per heavy atom. The molecule has 118 valence electrons. The van der Waals surface area contributed by atoms with Gasteiger partial charge in [-0.1, -0.05) is 6.92 Å². The average Bonchev–Trinajstić information content (AvgIpc) is 2.38. The Hall–Kier alpha value is -0.840. The van der Waals surface area contributed by atoms with Crippen molar-refractivity contribution >= 4 is 6.09 Å². The second kappa shape index (κ2) is 7.25. The Labute approximate surface area is 121 Å². The number of carbonyl (C=O) groups is 1. The SMILES string of the molecule is CCC1(OCCCF)CCN(C(=O)OC(C)(C)C)CC1. The van der Waals surface area contributed by atoms with E-state index in [9.17, 15) is 9.18 Å². The smallest absolute Gasteiger partial charge is 0.410 e. The van der Waals surface area contributed by atoms with Crippen molar-refractivity contribution in [3.63, 3.8) is 0 Å². The van der Waals surface area contributed by atoms with Gasteiger partial charge in [-0.05, 0) is 46.5 Å². The molecule has 0 aromatic rings. The van der Waals surface area contributed by atoms with Crippen LogP contribution in [0.5, 0.6) is 0 Å². The first-order valence-electron chi connectivity index (χ1n) is 7.50. The molecule has 0 aromatic carbocycles. The van der Waals surface area contributed by atoms with Crippen LogP contribution < -0.4 is 0 Å². The van der Waals surface area contributed by atoms with E-state index in [0.29, 0.717) is 26.1 Å². The molecule has 0 radical (unpaired) electrons. The number of carbonyl (C=O) groups excluding carboxylic acids is 1. The van der Waals surface area contributed by atoms with Crippen LogP contribution in [0.25, 0.3) is 0 Å². The molecular weight excluding hydrogens is 261 g/mol. The van der Waals surface area contributed by atoms with Crippen LogP contribution in [0, 0.1) is 0 Å². The van der Waals surface area contributed by atoms with Gasteiger partial charge in [-0.25, -0.2) is 4.79 Å². The van der Waals surface area contributed by atoms with Crippen LogP contribution in [0.15, 0.2) is 0 Å². The fourth-order valence-electron chi connectivity index (χ4n) is 2.37. The van der Waals surface area contributed by atoms with Gasteiger partial charge in [0.25, 0.3) is 0 Å². The highest BCUT2D eigenvalue weighted by Crippen LogP contribution is 2.30. The Balaban J connectivity index is 2.46. The first-order valence-corrected chi connectivity index (χ1v) is 7.50. The molecular formula is C15H28FNO3. The molecule has 1 fully saturated rings. The number of ether oxygens (including phenoxy) is 2. The van der Waals surface area contributed by atoms with E-state index in [2.05, 4.69) is 6.92 Å². The maximum atomic E-state index is 12.2. The topological polar surface area (TPSA) is 38.8 Å². The molecule has 0 saturated carbocycles. The van der Waals surface area contributed by atoms with Crippen molar-refractivity contribution in [3.8, 4) is 0 Å². The monoisotopic (exact) mass is 289 g/mol. The molecule has 1 aliphatic rings. The van der Waals surface area contributed by atoms with Crippen LogP contribution in [0.2, 0.25) is 0 Å². The van der Waals surface area contributed by atoms with Gasteiger partial charge < -0.3 is 14.4 Å². The lowest BCUT2D eigenvalue weighted by atomic mass is 9.88. The van der Waals surface area contributed by atoms with Crippen LogP contribution in [0.1, 0.15) is 53.4 Å².